The fraction of sp³-hybridized carbons (Fsp3) is 0.700. The van der Waals surface area contributed by atoms with Crippen LogP contribution in [0.4, 0.5) is 0 Å². The van der Waals surface area contributed by atoms with Crippen LogP contribution < -0.4 is 5.69 Å². The molecule has 1 rings (SSSR count). The highest BCUT2D eigenvalue weighted by atomic mass is 32.2. The molecule has 1 aromatic heterocycles. The van der Waals surface area contributed by atoms with Gasteiger partial charge in [-0.05, 0) is 6.42 Å². The highest BCUT2D eigenvalue weighted by molar-refractivity contribution is 7.99. The largest absolute Gasteiger partial charge is 0.348 e. The monoisotopic (exact) mass is 258 g/mol. The highest BCUT2D eigenvalue weighted by Gasteiger charge is 2.11. The normalized spacial score (nSPS) is 10.5. The fourth-order valence-corrected chi connectivity index (χ4v) is 2.13. The summed E-state index contributed by atoms with van der Waals surface area (Å²) < 4.78 is 1.58. The molecule has 0 aliphatic carbocycles. The minimum atomic E-state index is -0.210. The molecule has 0 fully saturated rings. The summed E-state index contributed by atoms with van der Waals surface area (Å²) in [6, 6.07) is 0. The van der Waals surface area contributed by atoms with Crippen molar-refractivity contribution in [2.24, 2.45) is 0 Å². The molecular formula is C10H18N4O2S. The van der Waals surface area contributed by atoms with Crippen molar-refractivity contribution < 1.29 is 4.79 Å². The van der Waals surface area contributed by atoms with Gasteiger partial charge < -0.3 is 4.90 Å². The molecular weight excluding hydrogens is 240 g/mol. The molecule has 1 aromatic rings. The molecule has 1 heterocycles. The number of unbranched alkanes of at least 4 members (excludes halogenated alkanes) is 1. The molecule has 0 aliphatic heterocycles. The number of rotatable bonds is 6. The van der Waals surface area contributed by atoms with E-state index in [-0.39, 0.29) is 11.6 Å². The quantitative estimate of drug-likeness (QED) is 0.757. The zero-order valence-corrected chi connectivity index (χ0v) is 11.2. The third-order valence-electron chi connectivity index (χ3n) is 2.28. The van der Waals surface area contributed by atoms with E-state index in [1.54, 1.807) is 18.7 Å². The Balaban J connectivity index is 2.64. The molecule has 0 spiro atoms. The first-order valence-electron chi connectivity index (χ1n) is 5.54. The van der Waals surface area contributed by atoms with Crippen LogP contribution in [0.25, 0.3) is 0 Å². The second-order valence-corrected chi connectivity index (χ2v) is 4.84. The lowest BCUT2D eigenvalue weighted by Gasteiger charge is -2.09. The topological polar surface area (TPSA) is 71.0 Å². The Morgan fingerprint density at radius 2 is 2.24 bits per heavy atom. The van der Waals surface area contributed by atoms with E-state index in [4.69, 9.17) is 0 Å². The molecule has 1 N–H and O–H groups in total. The van der Waals surface area contributed by atoms with E-state index in [9.17, 15) is 9.59 Å². The Morgan fingerprint density at radius 3 is 2.82 bits per heavy atom. The number of aromatic nitrogens is 3. The molecule has 0 bridgehead atoms. The first-order valence-corrected chi connectivity index (χ1v) is 6.53. The molecule has 96 valence electrons. The van der Waals surface area contributed by atoms with Gasteiger partial charge in [-0.25, -0.2) is 9.89 Å². The second kappa shape index (κ2) is 6.48. The number of nitrogens with zero attached hydrogens (tertiary/aromatic N) is 3. The summed E-state index contributed by atoms with van der Waals surface area (Å²) in [6.07, 6.45) is 1.94. The van der Waals surface area contributed by atoms with E-state index in [2.05, 4.69) is 17.1 Å². The third kappa shape index (κ3) is 3.92. The summed E-state index contributed by atoms with van der Waals surface area (Å²) in [7, 11) is 3.41. The van der Waals surface area contributed by atoms with Crippen molar-refractivity contribution in [3.8, 4) is 0 Å². The zero-order valence-electron chi connectivity index (χ0n) is 10.4. The first kappa shape index (κ1) is 13.8. The Kier molecular flexibility index (Phi) is 5.27. The van der Waals surface area contributed by atoms with Crippen LogP contribution in [0.1, 0.15) is 19.8 Å². The van der Waals surface area contributed by atoms with E-state index in [1.807, 2.05) is 0 Å². The van der Waals surface area contributed by atoms with Crippen LogP contribution in [0.5, 0.6) is 0 Å². The summed E-state index contributed by atoms with van der Waals surface area (Å²) in [5.74, 6) is 0.302. The molecule has 17 heavy (non-hydrogen) atoms. The van der Waals surface area contributed by atoms with E-state index in [0.29, 0.717) is 17.5 Å². The summed E-state index contributed by atoms with van der Waals surface area (Å²) >= 11 is 1.28. The van der Waals surface area contributed by atoms with Crippen molar-refractivity contribution in [3.63, 3.8) is 0 Å². The van der Waals surface area contributed by atoms with Gasteiger partial charge in [-0.3, -0.25) is 9.36 Å². The van der Waals surface area contributed by atoms with Crippen LogP contribution in [0.3, 0.4) is 0 Å². The predicted octanol–water partition coefficient (Wildman–Crippen LogP) is 0.552. The molecule has 0 saturated carbocycles. The SMILES string of the molecule is CCCCn1c(SCC(=O)N(C)C)n[nH]c1=O. The van der Waals surface area contributed by atoms with Crippen molar-refractivity contribution in [2.45, 2.75) is 31.5 Å². The number of nitrogens with one attached hydrogen (secondary N) is 1. The Bertz CT molecular complexity index is 424. The number of carbonyl (C=O) groups is 1. The fourth-order valence-electron chi connectivity index (χ4n) is 1.18. The standard InChI is InChI=1S/C10H18N4O2S/c1-4-5-6-14-9(16)11-12-10(14)17-7-8(15)13(2)3/h4-7H2,1-3H3,(H,11,16). The van der Waals surface area contributed by atoms with Gasteiger partial charge in [0.25, 0.3) is 0 Å². The number of thioether (sulfide) groups is 1. The second-order valence-electron chi connectivity index (χ2n) is 3.89. The maximum atomic E-state index is 11.5. The average molecular weight is 258 g/mol. The van der Waals surface area contributed by atoms with Crippen molar-refractivity contribution >= 4 is 17.7 Å². The molecule has 1 amide bonds. The summed E-state index contributed by atoms with van der Waals surface area (Å²) in [5, 5.41) is 6.91. The van der Waals surface area contributed by atoms with E-state index in [0.717, 1.165) is 12.8 Å². The van der Waals surface area contributed by atoms with E-state index in [1.165, 1.54) is 16.7 Å². The van der Waals surface area contributed by atoms with Gasteiger partial charge in [0.05, 0.1) is 5.75 Å². The van der Waals surface area contributed by atoms with Gasteiger partial charge in [-0.2, -0.15) is 0 Å². The number of hydrogen-bond acceptors (Lipinski definition) is 4. The van der Waals surface area contributed by atoms with Crippen molar-refractivity contribution in [3.05, 3.63) is 10.5 Å². The lowest BCUT2D eigenvalue weighted by molar-refractivity contribution is -0.125. The van der Waals surface area contributed by atoms with E-state index >= 15 is 0 Å². The molecule has 0 saturated heterocycles. The van der Waals surface area contributed by atoms with Crippen LogP contribution in [-0.2, 0) is 11.3 Å². The molecule has 6 nitrogen and oxygen atoms in total. The van der Waals surface area contributed by atoms with Gasteiger partial charge >= 0.3 is 5.69 Å². The van der Waals surface area contributed by atoms with Crippen molar-refractivity contribution in [2.75, 3.05) is 19.8 Å². The minimum Gasteiger partial charge on any atom is -0.348 e. The van der Waals surface area contributed by atoms with Gasteiger partial charge in [0.15, 0.2) is 5.16 Å². The maximum Gasteiger partial charge on any atom is 0.343 e. The van der Waals surface area contributed by atoms with Crippen LogP contribution in [-0.4, -0.2) is 45.4 Å². The summed E-state index contributed by atoms with van der Waals surface area (Å²) in [6.45, 7) is 2.71. The average Bonchev–Trinajstić information content (AvgIpc) is 2.64. The third-order valence-corrected chi connectivity index (χ3v) is 3.24. The summed E-state index contributed by atoms with van der Waals surface area (Å²) in [5.41, 5.74) is -0.210. The predicted molar refractivity (Wildman–Crippen MR) is 67.2 cm³/mol. The van der Waals surface area contributed by atoms with E-state index < -0.39 is 0 Å². The number of hydrogen-bond donors (Lipinski definition) is 1. The number of H-pyrrole nitrogens is 1. The van der Waals surface area contributed by atoms with Crippen molar-refractivity contribution in [1.82, 2.24) is 19.7 Å². The van der Waals surface area contributed by atoms with Gasteiger partial charge in [0.2, 0.25) is 5.91 Å². The molecule has 7 heteroatoms. The minimum absolute atomic E-state index is 0.00694. The smallest absolute Gasteiger partial charge is 0.343 e. The lowest BCUT2D eigenvalue weighted by Crippen LogP contribution is -2.24. The molecule has 0 aromatic carbocycles. The Hall–Kier alpha value is -1.24. The van der Waals surface area contributed by atoms with Crippen LogP contribution in [0.15, 0.2) is 9.95 Å². The van der Waals surface area contributed by atoms with Gasteiger partial charge in [-0.1, -0.05) is 25.1 Å². The molecule has 0 aliphatic rings. The molecule has 0 unspecified atom stereocenters. The lowest BCUT2D eigenvalue weighted by atomic mass is 10.3. The van der Waals surface area contributed by atoms with Gasteiger partial charge in [0, 0.05) is 20.6 Å². The zero-order chi connectivity index (χ0) is 12.8. The molecule has 0 radical (unpaired) electrons. The number of aromatic amines is 1. The Labute approximate surface area is 104 Å². The van der Waals surface area contributed by atoms with Crippen LogP contribution in [0, 0.1) is 0 Å². The Morgan fingerprint density at radius 1 is 1.53 bits per heavy atom. The number of carbonyl (C=O) groups excluding carboxylic acids is 1. The van der Waals surface area contributed by atoms with Gasteiger partial charge in [0.1, 0.15) is 0 Å². The van der Waals surface area contributed by atoms with Crippen molar-refractivity contribution in [1.29, 1.82) is 0 Å². The first-order chi connectivity index (χ1) is 8.06. The summed E-state index contributed by atoms with van der Waals surface area (Å²) in [4.78, 5) is 24.4. The van der Waals surface area contributed by atoms with Crippen LogP contribution >= 0.6 is 11.8 Å². The number of amides is 1. The van der Waals surface area contributed by atoms with Crippen LogP contribution in [0.2, 0.25) is 0 Å². The molecule has 0 atom stereocenters. The highest BCUT2D eigenvalue weighted by Crippen LogP contribution is 2.13. The van der Waals surface area contributed by atoms with Gasteiger partial charge in [-0.15, -0.1) is 5.10 Å². The maximum absolute atomic E-state index is 11.5.